The normalized spacial score (nSPS) is 32.1. The molecule has 0 aromatic heterocycles. The van der Waals surface area contributed by atoms with Gasteiger partial charge in [-0.15, -0.1) is 0 Å². The monoisotopic (exact) mass is 353 g/mol. The molecule has 2 fully saturated rings. The summed E-state index contributed by atoms with van der Waals surface area (Å²) in [5.41, 5.74) is 0.933. The number of barbiturate groups is 1. The molecule has 7 nitrogen and oxygen atoms in total. The molecule has 1 aliphatic carbocycles. The van der Waals surface area contributed by atoms with Crippen LogP contribution in [0.2, 0.25) is 0 Å². The Labute approximate surface area is 150 Å². The Morgan fingerprint density at radius 1 is 1.19 bits per heavy atom. The highest BCUT2D eigenvalue weighted by Gasteiger charge is 2.62. The lowest BCUT2D eigenvalue weighted by Gasteiger charge is -2.53. The molecule has 1 aromatic rings. The first kappa shape index (κ1) is 16.7. The molecule has 134 valence electrons. The minimum absolute atomic E-state index is 0.0127. The van der Waals surface area contributed by atoms with Gasteiger partial charge in [0, 0.05) is 5.92 Å². The number of carbonyl (C=O) groups excluding carboxylic acids is 3. The highest BCUT2D eigenvalue weighted by atomic mass is 16.5. The van der Waals surface area contributed by atoms with Crippen LogP contribution < -0.4 is 10.6 Å². The van der Waals surface area contributed by atoms with Gasteiger partial charge in [0.2, 0.25) is 11.8 Å². The molecule has 2 N–H and O–H groups in total. The molecule has 7 heteroatoms. The van der Waals surface area contributed by atoms with Crippen molar-refractivity contribution in [2.75, 3.05) is 0 Å². The molecule has 2 unspecified atom stereocenters. The molecule has 4 atom stereocenters. The first-order valence-electron chi connectivity index (χ1n) is 8.72. The number of benzene rings is 1. The fourth-order valence-electron chi connectivity index (χ4n) is 5.04. The molecule has 4 amide bonds. The maximum atomic E-state index is 12.9. The Balaban J connectivity index is 1.92. The van der Waals surface area contributed by atoms with Gasteiger partial charge in [-0.05, 0) is 55.9 Å². The quantitative estimate of drug-likeness (QED) is 0.685. The molecule has 4 rings (SSSR count). The fraction of sp³-hybridized carbons (Fsp3) is 0.474. The molecule has 0 bridgehead atoms. The van der Waals surface area contributed by atoms with E-state index in [-0.39, 0.29) is 30.5 Å². The zero-order valence-electron chi connectivity index (χ0n) is 14.5. The highest BCUT2D eigenvalue weighted by molar-refractivity contribution is 6.19. The third kappa shape index (κ3) is 2.19. The lowest BCUT2D eigenvalue weighted by Crippen LogP contribution is -2.69. The van der Waals surface area contributed by atoms with Gasteiger partial charge in [0.25, 0.3) is 0 Å². The average molecular weight is 353 g/mol. The number of nitrogens with one attached hydrogen (secondary N) is 2. The number of fused-ring (bicyclic) bond motifs is 4. The first-order valence-corrected chi connectivity index (χ1v) is 8.72. The van der Waals surface area contributed by atoms with Crippen LogP contribution in [-0.2, 0) is 20.7 Å². The molecule has 0 saturated carbocycles. The van der Waals surface area contributed by atoms with Gasteiger partial charge < -0.3 is 4.74 Å². The Kier molecular flexibility index (Phi) is 3.63. The zero-order valence-corrected chi connectivity index (χ0v) is 14.5. The standard InChI is InChI=1S/C19H19N3O4/c1-9-5-14-13-4-3-11(8-20)6-12(13)7-19(15(14)10(2)26-9)16(23)21-18(25)22-17(19)24/h3-4,6,9-10,14-15H,5,7H2,1-2H3,(H2,21,22,23,24,25)/t9-,10+,14?,15?/m1/s1. The van der Waals surface area contributed by atoms with E-state index in [0.717, 1.165) is 11.1 Å². The molecule has 2 heterocycles. The predicted octanol–water partition coefficient (Wildman–Crippen LogP) is 1.36. The number of carbonyl (C=O) groups is 3. The fourth-order valence-corrected chi connectivity index (χ4v) is 5.04. The van der Waals surface area contributed by atoms with Crippen molar-refractivity contribution in [3.8, 4) is 6.07 Å². The first-order chi connectivity index (χ1) is 12.4. The van der Waals surface area contributed by atoms with E-state index in [2.05, 4.69) is 16.7 Å². The summed E-state index contributed by atoms with van der Waals surface area (Å²) in [4.78, 5) is 37.5. The molecular formula is C19H19N3O4. The van der Waals surface area contributed by atoms with Gasteiger partial charge in [0.05, 0.1) is 23.8 Å². The van der Waals surface area contributed by atoms with Crippen molar-refractivity contribution in [3.63, 3.8) is 0 Å². The SMILES string of the molecule is C[C@@H]1CC2c3ccc(C#N)cc3CC3(C(=O)NC(=O)NC3=O)C2[C@H](C)O1. The smallest absolute Gasteiger partial charge is 0.328 e. The second-order valence-electron chi connectivity index (χ2n) is 7.43. The number of nitriles is 1. The lowest BCUT2D eigenvalue weighted by molar-refractivity contribution is -0.166. The van der Waals surface area contributed by atoms with Crippen molar-refractivity contribution < 1.29 is 19.1 Å². The number of urea groups is 1. The maximum Gasteiger partial charge on any atom is 0.328 e. The van der Waals surface area contributed by atoms with E-state index in [1.807, 2.05) is 19.9 Å². The third-order valence-corrected chi connectivity index (χ3v) is 5.95. The van der Waals surface area contributed by atoms with E-state index in [0.29, 0.717) is 12.0 Å². The second kappa shape index (κ2) is 5.64. The van der Waals surface area contributed by atoms with Crippen LogP contribution >= 0.6 is 0 Å². The summed E-state index contributed by atoms with van der Waals surface area (Å²) >= 11 is 0. The molecule has 2 aliphatic heterocycles. The van der Waals surface area contributed by atoms with Gasteiger partial charge in [0.15, 0.2) is 0 Å². The van der Waals surface area contributed by atoms with Crippen LogP contribution in [0.25, 0.3) is 0 Å². The van der Waals surface area contributed by atoms with Gasteiger partial charge >= 0.3 is 6.03 Å². The molecule has 3 aliphatic rings. The zero-order chi connectivity index (χ0) is 18.6. The van der Waals surface area contributed by atoms with E-state index in [9.17, 15) is 19.6 Å². The van der Waals surface area contributed by atoms with Crippen molar-refractivity contribution in [1.82, 2.24) is 10.6 Å². The van der Waals surface area contributed by atoms with Crippen molar-refractivity contribution in [1.29, 1.82) is 5.26 Å². The highest BCUT2D eigenvalue weighted by Crippen LogP contribution is 2.54. The van der Waals surface area contributed by atoms with Crippen LogP contribution in [0.4, 0.5) is 4.79 Å². The van der Waals surface area contributed by atoms with Crippen molar-refractivity contribution >= 4 is 17.8 Å². The van der Waals surface area contributed by atoms with Crippen LogP contribution in [0.15, 0.2) is 18.2 Å². The third-order valence-electron chi connectivity index (χ3n) is 5.95. The summed E-state index contributed by atoms with van der Waals surface area (Å²) in [6, 6.07) is 6.75. The Morgan fingerprint density at radius 2 is 1.88 bits per heavy atom. The summed E-state index contributed by atoms with van der Waals surface area (Å²) in [7, 11) is 0. The van der Waals surface area contributed by atoms with Crippen LogP contribution in [0.3, 0.4) is 0 Å². The number of hydrogen-bond acceptors (Lipinski definition) is 5. The van der Waals surface area contributed by atoms with E-state index in [4.69, 9.17) is 4.74 Å². The summed E-state index contributed by atoms with van der Waals surface area (Å²) < 4.78 is 5.97. The molecule has 2 saturated heterocycles. The molecule has 0 radical (unpaired) electrons. The second-order valence-corrected chi connectivity index (χ2v) is 7.43. The number of rotatable bonds is 0. The van der Waals surface area contributed by atoms with Gasteiger partial charge in [-0.2, -0.15) is 5.26 Å². The van der Waals surface area contributed by atoms with E-state index < -0.39 is 23.3 Å². The van der Waals surface area contributed by atoms with E-state index >= 15 is 0 Å². The van der Waals surface area contributed by atoms with Crippen molar-refractivity contribution in [2.45, 2.75) is 44.8 Å². The van der Waals surface area contributed by atoms with Crippen molar-refractivity contribution in [3.05, 3.63) is 34.9 Å². The number of nitrogens with zero attached hydrogens (tertiary/aromatic N) is 1. The molecule has 26 heavy (non-hydrogen) atoms. The van der Waals surface area contributed by atoms with Crippen LogP contribution in [0, 0.1) is 22.7 Å². The number of ether oxygens (including phenoxy) is 1. The topological polar surface area (TPSA) is 108 Å². The van der Waals surface area contributed by atoms with E-state index in [1.54, 1.807) is 12.1 Å². The maximum absolute atomic E-state index is 12.9. The largest absolute Gasteiger partial charge is 0.375 e. The molecule has 1 aromatic carbocycles. The average Bonchev–Trinajstić information content (AvgIpc) is 2.58. The number of hydrogen-bond donors (Lipinski definition) is 2. The number of amides is 4. The Hall–Kier alpha value is -2.72. The minimum atomic E-state index is -1.42. The predicted molar refractivity (Wildman–Crippen MR) is 89.8 cm³/mol. The van der Waals surface area contributed by atoms with Crippen LogP contribution in [0.5, 0.6) is 0 Å². The number of imide groups is 2. The molecule has 1 spiro atoms. The molecular weight excluding hydrogens is 334 g/mol. The van der Waals surface area contributed by atoms with Crippen LogP contribution in [-0.4, -0.2) is 30.1 Å². The summed E-state index contributed by atoms with van der Waals surface area (Å²) in [6.45, 7) is 3.85. The van der Waals surface area contributed by atoms with Gasteiger partial charge in [-0.25, -0.2) is 4.79 Å². The lowest BCUT2D eigenvalue weighted by atomic mass is 9.55. The Morgan fingerprint density at radius 3 is 2.54 bits per heavy atom. The van der Waals surface area contributed by atoms with Gasteiger partial charge in [-0.1, -0.05) is 6.07 Å². The minimum Gasteiger partial charge on any atom is -0.375 e. The van der Waals surface area contributed by atoms with Crippen LogP contribution in [0.1, 0.15) is 42.9 Å². The van der Waals surface area contributed by atoms with Crippen molar-refractivity contribution in [2.24, 2.45) is 11.3 Å². The van der Waals surface area contributed by atoms with E-state index in [1.165, 1.54) is 0 Å². The van der Waals surface area contributed by atoms with Gasteiger partial charge in [-0.3, -0.25) is 20.2 Å². The Bertz CT molecular complexity index is 852. The summed E-state index contributed by atoms with van der Waals surface area (Å²) in [5.74, 6) is -1.61. The van der Waals surface area contributed by atoms with Gasteiger partial charge in [0.1, 0.15) is 5.41 Å². The summed E-state index contributed by atoms with van der Waals surface area (Å²) in [5, 5.41) is 13.8. The summed E-state index contributed by atoms with van der Waals surface area (Å²) in [6.07, 6.45) is 0.481.